The van der Waals surface area contributed by atoms with Crippen LogP contribution in [0.2, 0.25) is 0 Å². The summed E-state index contributed by atoms with van der Waals surface area (Å²) in [6.45, 7) is 0.438. The zero-order valence-corrected chi connectivity index (χ0v) is 13.3. The normalized spacial score (nSPS) is 12.4. The van der Waals surface area contributed by atoms with E-state index in [4.69, 9.17) is 0 Å². The Hall–Kier alpha value is -3.47. The summed E-state index contributed by atoms with van der Waals surface area (Å²) in [6, 6.07) is 16.4. The van der Waals surface area contributed by atoms with Crippen molar-refractivity contribution in [3.8, 4) is 11.1 Å². The molecule has 0 atom stereocenters. The average Bonchev–Trinajstić information content (AvgIpc) is 3.06. The predicted molar refractivity (Wildman–Crippen MR) is 95.2 cm³/mol. The Kier molecular flexibility index (Phi) is 3.74. The summed E-state index contributed by atoms with van der Waals surface area (Å²) in [7, 11) is 0. The molecule has 0 bridgehead atoms. The van der Waals surface area contributed by atoms with E-state index >= 15 is 0 Å². The van der Waals surface area contributed by atoms with E-state index in [1.165, 1.54) is 0 Å². The number of rotatable bonds is 3. The molecule has 4 rings (SSSR count). The van der Waals surface area contributed by atoms with E-state index in [0.717, 1.165) is 16.7 Å². The minimum atomic E-state index is -0.239. The smallest absolute Gasteiger partial charge is 0.255 e. The third kappa shape index (κ3) is 2.76. The van der Waals surface area contributed by atoms with Gasteiger partial charge >= 0.3 is 0 Å². The molecular formula is C20H15N3O2. The van der Waals surface area contributed by atoms with E-state index in [1.54, 1.807) is 42.7 Å². The van der Waals surface area contributed by atoms with Crippen LogP contribution in [0.3, 0.4) is 0 Å². The highest BCUT2D eigenvalue weighted by Crippen LogP contribution is 2.33. The lowest BCUT2D eigenvalue weighted by atomic mass is 9.96. The van der Waals surface area contributed by atoms with Crippen LogP contribution in [-0.4, -0.2) is 16.8 Å². The summed E-state index contributed by atoms with van der Waals surface area (Å²) >= 11 is 0. The van der Waals surface area contributed by atoms with Crippen molar-refractivity contribution in [1.82, 2.24) is 10.3 Å². The van der Waals surface area contributed by atoms with E-state index < -0.39 is 0 Å². The van der Waals surface area contributed by atoms with Crippen molar-refractivity contribution in [2.45, 2.75) is 6.54 Å². The largest absolute Gasteiger partial charge is 0.348 e. The van der Waals surface area contributed by atoms with Crippen LogP contribution in [-0.2, 0) is 6.54 Å². The molecule has 1 aliphatic rings. The summed E-state index contributed by atoms with van der Waals surface area (Å²) < 4.78 is 0. The van der Waals surface area contributed by atoms with Gasteiger partial charge in [0.2, 0.25) is 0 Å². The highest BCUT2D eigenvalue weighted by Gasteiger charge is 2.26. The topological polar surface area (TPSA) is 71.1 Å². The van der Waals surface area contributed by atoms with Crippen molar-refractivity contribution in [3.05, 3.63) is 83.7 Å². The number of nitrogens with one attached hydrogen (secondary N) is 2. The van der Waals surface area contributed by atoms with Crippen LogP contribution in [0.5, 0.6) is 0 Å². The molecule has 0 fully saturated rings. The van der Waals surface area contributed by atoms with Gasteiger partial charge in [0.25, 0.3) is 11.8 Å². The maximum Gasteiger partial charge on any atom is 0.255 e. The fraction of sp³-hybridized carbons (Fsp3) is 0.0500. The molecule has 3 aromatic rings. The van der Waals surface area contributed by atoms with Crippen molar-refractivity contribution in [3.63, 3.8) is 0 Å². The van der Waals surface area contributed by atoms with Crippen LogP contribution < -0.4 is 10.6 Å². The lowest BCUT2D eigenvalue weighted by Gasteiger charge is -2.12. The maximum absolute atomic E-state index is 12.4. The minimum Gasteiger partial charge on any atom is -0.348 e. The monoisotopic (exact) mass is 329 g/mol. The van der Waals surface area contributed by atoms with Gasteiger partial charge in [0.05, 0.1) is 11.3 Å². The molecular weight excluding hydrogens is 314 g/mol. The first-order valence-electron chi connectivity index (χ1n) is 7.95. The lowest BCUT2D eigenvalue weighted by Crippen LogP contribution is -2.17. The molecule has 0 saturated carbocycles. The van der Waals surface area contributed by atoms with Gasteiger partial charge in [-0.3, -0.25) is 14.6 Å². The first-order chi connectivity index (χ1) is 12.2. The molecule has 1 aliphatic heterocycles. The van der Waals surface area contributed by atoms with Crippen molar-refractivity contribution in [2.24, 2.45) is 0 Å². The van der Waals surface area contributed by atoms with Crippen molar-refractivity contribution < 1.29 is 9.59 Å². The van der Waals surface area contributed by atoms with Crippen molar-refractivity contribution >= 4 is 17.5 Å². The number of aromatic nitrogens is 1. The number of benzene rings is 2. The number of hydrogen-bond acceptors (Lipinski definition) is 3. The number of pyridine rings is 1. The number of carbonyl (C=O) groups excluding carboxylic acids is 2. The van der Waals surface area contributed by atoms with Crippen molar-refractivity contribution in [1.29, 1.82) is 0 Å². The van der Waals surface area contributed by atoms with E-state index in [2.05, 4.69) is 15.6 Å². The quantitative estimate of drug-likeness (QED) is 0.775. The molecule has 2 heterocycles. The Morgan fingerprint density at radius 1 is 1.04 bits per heavy atom. The summed E-state index contributed by atoms with van der Waals surface area (Å²) in [6.07, 6.45) is 3.47. The van der Waals surface area contributed by atoms with Crippen LogP contribution in [0.15, 0.2) is 67.0 Å². The molecule has 0 radical (unpaired) electrons. The second kappa shape index (κ2) is 6.20. The SMILES string of the molecule is O=C(Nc1ccc(-c2cccnc2)c2c1C(=O)NC2)c1ccccc1. The van der Waals surface area contributed by atoms with Gasteiger partial charge in [0, 0.05) is 30.1 Å². The molecule has 2 amide bonds. The second-order valence-electron chi connectivity index (χ2n) is 5.76. The molecule has 5 nitrogen and oxygen atoms in total. The van der Waals surface area contributed by atoms with Crippen LogP contribution >= 0.6 is 0 Å². The van der Waals surface area contributed by atoms with Crippen LogP contribution in [0.1, 0.15) is 26.3 Å². The molecule has 0 saturated heterocycles. The van der Waals surface area contributed by atoms with E-state index in [-0.39, 0.29) is 11.8 Å². The number of anilines is 1. The Morgan fingerprint density at radius 3 is 2.64 bits per heavy atom. The number of fused-ring (bicyclic) bond motifs is 1. The van der Waals surface area contributed by atoms with E-state index in [1.807, 2.05) is 24.3 Å². The second-order valence-corrected chi connectivity index (χ2v) is 5.76. The zero-order chi connectivity index (χ0) is 17.2. The van der Waals surface area contributed by atoms with Gasteiger partial charge in [0.15, 0.2) is 0 Å². The first kappa shape index (κ1) is 15.1. The summed E-state index contributed by atoms with van der Waals surface area (Å²) in [5.41, 5.74) is 4.35. The number of carbonyl (C=O) groups is 2. The van der Waals surface area contributed by atoms with Crippen LogP contribution in [0, 0.1) is 0 Å². The lowest BCUT2D eigenvalue weighted by molar-refractivity contribution is 0.0966. The molecule has 2 N–H and O–H groups in total. The standard InChI is InChI=1S/C20H15N3O2/c24-19(13-5-2-1-3-6-13)23-17-9-8-15(14-7-4-10-21-11-14)16-12-22-20(25)18(16)17/h1-11H,12H2,(H,22,25)(H,23,24). The Morgan fingerprint density at radius 2 is 1.88 bits per heavy atom. The van der Waals surface area contributed by atoms with E-state index in [0.29, 0.717) is 23.4 Å². The zero-order valence-electron chi connectivity index (χ0n) is 13.3. The van der Waals surface area contributed by atoms with Gasteiger partial charge in [0.1, 0.15) is 0 Å². The fourth-order valence-corrected chi connectivity index (χ4v) is 3.03. The van der Waals surface area contributed by atoms with Crippen LogP contribution in [0.4, 0.5) is 5.69 Å². The van der Waals surface area contributed by atoms with Gasteiger partial charge in [-0.1, -0.05) is 30.3 Å². The third-order valence-corrected chi connectivity index (χ3v) is 4.22. The average molecular weight is 329 g/mol. The molecule has 0 spiro atoms. The number of hydrogen-bond donors (Lipinski definition) is 2. The number of amides is 2. The van der Waals surface area contributed by atoms with Crippen molar-refractivity contribution in [2.75, 3.05) is 5.32 Å². The molecule has 0 unspecified atom stereocenters. The fourth-order valence-electron chi connectivity index (χ4n) is 3.03. The Balaban J connectivity index is 1.74. The van der Waals surface area contributed by atoms with Crippen LogP contribution in [0.25, 0.3) is 11.1 Å². The predicted octanol–water partition coefficient (Wildman–Crippen LogP) is 3.24. The molecule has 25 heavy (non-hydrogen) atoms. The summed E-state index contributed by atoms with van der Waals surface area (Å²) in [5, 5.41) is 5.69. The molecule has 0 aliphatic carbocycles. The van der Waals surface area contributed by atoms with Gasteiger partial charge in [-0.05, 0) is 35.4 Å². The highest BCUT2D eigenvalue weighted by molar-refractivity contribution is 6.11. The van der Waals surface area contributed by atoms with Gasteiger partial charge in [-0.25, -0.2) is 0 Å². The Labute approximate surface area is 144 Å². The van der Waals surface area contributed by atoms with Gasteiger partial charge < -0.3 is 10.6 Å². The molecule has 5 heteroatoms. The highest BCUT2D eigenvalue weighted by atomic mass is 16.2. The minimum absolute atomic E-state index is 0.177. The summed E-state index contributed by atoms with van der Waals surface area (Å²) in [4.78, 5) is 28.9. The van der Waals surface area contributed by atoms with Gasteiger partial charge in [-0.15, -0.1) is 0 Å². The molecule has 122 valence electrons. The maximum atomic E-state index is 12.4. The van der Waals surface area contributed by atoms with E-state index in [9.17, 15) is 9.59 Å². The number of nitrogens with zero attached hydrogens (tertiary/aromatic N) is 1. The Bertz CT molecular complexity index is 953. The molecule has 2 aromatic carbocycles. The molecule has 1 aromatic heterocycles. The third-order valence-electron chi connectivity index (χ3n) is 4.22. The first-order valence-corrected chi connectivity index (χ1v) is 7.95. The summed E-state index contributed by atoms with van der Waals surface area (Å²) in [5.74, 6) is -0.416. The van der Waals surface area contributed by atoms with Gasteiger partial charge in [-0.2, -0.15) is 0 Å².